The largest absolute Gasteiger partial charge is 0.454 e. The highest BCUT2D eigenvalue weighted by molar-refractivity contribution is 6.30. The number of pyridine rings is 1. The molecule has 0 radical (unpaired) electrons. The van der Waals surface area contributed by atoms with Crippen molar-refractivity contribution in [3.8, 4) is 11.5 Å². The van der Waals surface area contributed by atoms with E-state index in [1.165, 1.54) is 12.3 Å². The first-order valence-electron chi connectivity index (χ1n) is 9.52. The molecule has 31 heavy (non-hydrogen) atoms. The number of hydrogen-bond acceptors (Lipinski definition) is 4. The van der Waals surface area contributed by atoms with Crippen LogP contribution in [0.2, 0.25) is 5.02 Å². The third-order valence-electron chi connectivity index (χ3n) is 5.22. The molecule has 5 rings (SSSR count). The van der Waals surface area contributed by atoms with E-state index in [0.29, 0.717) is 38.6 Å². The lowest BCUT2D eigenvalue weighted by atomic mass is 10.0. The molecule has 3 aromatic carbocycles. The van der Waals surface area contributed by atoms with Crippen molar-refractivity contribution in [1.82, 2.24) is 4.57 Å². The van der Waals surface area contributed by atoms with Crippen LogP contribution in [0, 0.1) is 5.82 Å². The lowest BCUT2D eigenvalue weighted by Crippen LogP contribution is -2.20. The number of rotatable bonds is 4. The van der Waals surface area contributed by atoms with Crippen molar-refractivity contribution in [2.45, 2.75) is 6.54 Å². The van der Waals surface area contributed by atoms with Crippen molar-refractivity contribution in [2.75, 3.05) is 6.79 Å². The second kappa shape index (κ2) is 7.56. The molecular weight excluding hydrogens is 421 g/mol. The average molecular weight is 436 g/mol. The van der Waals surface area contributed by atoms with Crippen molar-refractivity contribution < 1.29 is 18.7 Å². The van der Waals surface area contributed by atoms with Crippen LogP contribution in [-0.2, 0) is 6.54 Å². The topological polar surface area (TPSA) is 57.5 Å². The molecule has 0 N–H and O–H groups in total. The third-order valence-corrected chi connectivity index (χ3v) is 5.48. The van der Waals surface area contributed by atoms with E-state index in [4.69, 9.17) is 21.1 Å². The number of benzene rings is 3. The predicted octanol–water partition coefficient (Wildman–Crippen LogP) is 4.80. The van der Waals surface area contributed by atoms with Gasteiger partial charge in [0, 0.05) is 28.4 Å². The normalized spacial score (nSPS) is 12.3. The number of ketones is 1. The van der Waals surface area contributed by atoms with Crippen LogP contribution in [0.1, 0.15) is 21.5 Å². The Kier molecular flexibility index (Phi) is 4.71. The number of hydrogen-bond donors (Lipinski definition) is 0. The van der Waals surface area contributed by atoms with E-state index < -0.39 is 11.2 Å². The first-order valence-corrected chi connectivity index (χ1v) is 9.89. The van der Waals surface area contributed by atoms with Gasteiger partial charge in [-0.25, -0.2) is 4.39 Å². The molecule has 1 aromatic heterocycles. The van der Waals surface area contributed by atoms with Gasteiger partial charge in [0.25, 0.3) is 0 Å². The van der Waals surface area contributed by atoms with Gasteiger partial charge in [-0.3, -0.25) is 9.59 Å². The minimum absolute atomic E-state index is 0.0231. The molecule has 0 atom stereocenters. The molecule has 154 valence electrons. The van der Waals surface area contributed by atoms with E-state index in [1.54, 1.807) is 59.2 Å². The van der Waals surface area contributed by atoms with Crippen molar-refractivity contribution in [3.63, 3.8) is 0 Å². The Morgan fingerprint density at radius 2 is 1.74 bits per heavy atom. The summed E-state index contributed by atoms with van der Waals surface area (Å²) in [5.74, 6) is 0.105. The summed E-state index contributed by atoms with van der Waals surface area (Å²) >= 11 is 5.92. The summed E-state index contributed by atoms with van der Waals surface area (Å²) in [4.78, 5) is 26.4. The standard InChI is InChI=1S/C24H15ClFNO4/c25-16-7-5-14(6-8-16)23(28)18-12-27(11-15-3-1-2-4-19(15)26)20-10-22-21(30-13-31-22)9-17(20)24(18)29/h1-10,12H,11,13H2. The molecule has 0 amide bonds. The molecule has 1 aliphatic heterocycles. The first kappa shape index (κ1) is 19.3. The monoisotopic (exact) mass is 435 g/mol. The molecule has 0 saturated heterocycles. The minimum Gasteiger partial charge on any atom is -0.454 e. The van der Waals surface area contributed by atoms with E-state index in [2.05, 4.69) is 0 Å². The van der Waals surface area contributed by atoms with Gasteiger partial charge in [0.1, 0.15) is 5.82 Å². The zero-order valence-electron chi connectivity index (χ0n) is 16.1. The number of carbonyl (C=O) groups is 1. The molecule has 0 unspecified atom stereocenters. The Hall–Kier alpha value is -3.64. The molecule has 0 fully saturated rings. The molecular formula is C24H15ClFNO4. The van der Waals surface area contributed by atoms with Crippen molar-refractivity contribution in [1.29, 1.82) is 0 Å². The molecule has 7 heteroatoms. The Balaban J connectivity index is 1.73. The van der Waals surface area contributed by atoms with Crippen LogP contribution >= 0.6 is 11.6 Å². The molecule has 0 saturated carbocycles. The quantitative estimate of drug-likeness (QED) is 0.432. The maximum atomic E-state index is 14.3. The van der Waals surface area contributed by atoms with Gasteiger partial charge < -0.3 is 14.0 Å². The Morgan fingerprint density at radius 3 is 2.48 bits per heavy atom. The summed E-state index contributed by atoms with van der Waals surface area (Å²) in [6.07, 6.45) is 1.47. The molecule has 0 bridgehead atoms. The highest BCUT2D eigenvalue weighted by Gasteiger charge is 2.22. The van der Waals surface area contributed by atoms with Crippen LogP contribution < -0.4 is 14.9 Å². The SMILES string of the molecule is O=C(c1ccc(Cl)cc1)c1cn(Cc2ccccc2F)c2cc3c(cc2c1=O)OCO3. The Bertz CT molecular complexity index is 1400. The fourth-order valence-electron chi connectivity index (χ4n) is 3.64. The highest BCUT2D eigenvalue weighted by atomic mass is 35.5. The smallest absolute Gasteiger partial charge is 0.231 e. The van der Waals surface area contributed by atoms with Crippen LogP contribution in [0.3, 0.4) is 0 Å². The van der Waals surface area contributed by atoms with E-state index in [1.807, 2.05) is 0 Å². The maximum absolute atomic E-state index is 14.3. The molecule has 0 spiro atoms. The zero-order chi connectivity index (χ0) is 21.5. The fourth-order valence-corrected chi connectivity index (χ4v) is 3.77. The molecule has 2 heterocycles. The summed E-state index contributed by atoms with van der Waals surface area (Å²) in [5, 5.41) is 0.778. The Morgan fingerprint density at radius 1 is 1.03 bits per heavy atom. The van der Waals surface area contributed by atoms with Crippen LogP contribution in [0.5, 0.6) is 11.5 Å². The van der Waals surface area contributed by atoms with Crippen LogP contribution in [0.4, 0.5) is 4.39 Å². The highest BCUT2D eigenvalue weighted by Crippen LogP contribution is 2.35. The summed E-state index contributed by atoms with van der Waals surface area (Å²) < 4.78 is 26.9. The maximum Gasteiger partial charge on any atom is 0.231 e. The van der Waals surface area contributed by atoms with Gasteiger partial charge in [-0.05, 0) is 36.4 Å². The van der Waals surface area contributed by atoms with Gasteiger partial charge in [-0.15, -0.1) is 0 Å². The van der Waals surface area contributed by atoms with E-state index in [9.17, 15) is 14.0 Å². The lowest BCUT2D eigenvalue weighted by molar-refractivity contribution is 0.103. The van der Waals surface area contributed by atoms with Crippen LogP contribution in [0.25, 0.3) is 10.9 Å². The third kappa shape index (κ3) is 3.45. The number of halogens is 2. The van der Waals surface area contributed by atoms with Crippen molar-refractivity contribution >= 4 is 28.3 Å². The second-order valence-corrected chi connectivity index (χ2v) is 7.59. The Labute approximate surface area is 181 Å². The molecule has 4 aromatic rings. The van der Waals surface area contributed by atoms with E-state index >= 15 is 0 Å². The van der Waals surface area contributed by atoms with Gasteiger partial charge in [0.2, 0.25) is 12.2 Å². The number of carbonyl (C=O) groups excluding carboxylic acids is 1. The van der Waals surface area contributed by atoms with Gasteiger partial charge in [-0.2, -0.15) is 0 Å². The summed E-state index contributed by atoms with van der Waals surface area (Å²) in [5.41, 5.74) is 0.822. The molecule has 5 nitrogen and oxygen atoms in total. The molecule has 0 aliphatic carbocycles. The van der Waals surface area contributed by atoms with Gasteiger partial charge in [-0.1, -0.05) is 29.8 Å². The van der Waals surface area contributed by atoms with E-state index in [-0.39, 0.29) is 24.7 Å². The van der Waals surface area contributed by atoms with Crippen molar-refractivity contribution in [3.05, 3.63) is 105 Å². The summed E-state index contributed by atoms with van der Waals surface area (Å²) in [7, 11) is 0. The van der Waals surface area contributed by atoms with Crippen LogP contribution in [0.15, 0.2) is 71.7 Å². The summed E-state index contributed by atoms with van der Waals surface area (Å²) in [6, 6.07) is 15.9. The average Bonchev–Trinajstić information content (AvgIpc) is 3.24. The van der Waals surface area contributed by atoms with E-state index in [0.717, 1.165) is 0 Å². The van der Waals surface area contributed by atoms with Crippen LogP contribution in [-0.4, -0.2) is 17.1 Å². The lowest BCUT2D eigenvalue weighted by Gasteiger charge is -2.14. The number of fused-ring (bicyclic) bond motifs is 2. The number of ether oxygens (including phenoxy) is 2. The van der Waals surface area contributed by atoms with Gasteiger partial charge >= 0.3 is 0 Å². The minimum atomic E-state index is -0.441. The number of nitrogens with zero attached hydrogens (tertiary/aromatic N) is 1. The van der Waals surface area contributed by atoms with Crippen molar-refractivity contribution in [2.24, 2.45) is 0 Å². The molecule has 1 aliphatic rings. The number of aromatic nitrogens is 1. The first-order chi connectivity index (χ1) is 15.0. The van der Waals surface area contributed by atoms with Gasteiger partial charge in [0.15, 0.2) is 17.3 Å². The van der Waals surface area contributed by atoms with Gasteiger partial charge in [0.05, 0.1) is 23.0 Å². The fraction of sp³-hybridized carbons (Fsp3) is 0.0833. The predicted molar refractivity (Wildman–Crippen MR) is 115 cm³/mol. The summed E-state index contributed by atoms with van der Waals surface area (Å²) in [6.45, 7) is 0.174. The second-order valence-electron chi connectivity index (χ2n) is 7.15. The zero-order valence-corrected chi connectivity index (χ0v) is 16.9.